The van der Waals surface area contributed by atoms with Gasteiger partial charge in [0.15, 0.2) is 0 Å². The average molecular weight is 622 g/mol. The highest BCUT2D eigenvalue weighted by Crippen LogP contribution is 2.60. The van der Waals surface area contributed by atoms with E-state index in [2.05, 4.69) is 15.6 Å². The maximum absolute atomic E-state index is 14.2. The zero-order valence-electron chi connectivity index (χ0n) is 26.3. The first-order valence-corrected chi connectivity index (χ1v) is 17.2. The Morgan fingerprint density at radius 1 is 0.935 bits per heavy atom. The molecule has 9 heteroatoms. The number of aromatic amines is 1. The van der Waals surface area contributed by atoms with Crippen LogP contribution in [-0.4, -0.2) is 63.2 Å². The molecule has 6 fully saturated rings. The van der Waals surface area contributed by atoms with Crippen molar-refractivity contribution in [3.8, 4) is 0 Å². The zero-order valence-corrected chi connectivity index (χ0v) is 26.3. The quantitative estimate of drug-likeness (QED) is 0.332. The van der Waals surface area contributed by atoms with Crippen LogP contribution in [0.1, 0.15) is 68.9 Å². The highest BCUT2D eigenvalue weighted by molar-refractivity contribution is 5.98. The van der Waals surface area contributed by atoms with Crippen molar-refractivity contribution < 1.29 is 19.2 Å². The van der Waals surface area contributed by atoms with E-state index in [4.69, 9.17) is 0 Å². The van der Waals surface area contributed by atoms with Crippen LogP contribution in [0.2, 0.25) is 0 Å². The largest absolute Gasteiger partial charge is 0.361 e. The summed E-state index contributed by atoms with van der Waals surface area (Å²) in [6, 6.07) is 15.7. The van der Waals surface area contributed by atoms with Crippen LogP contribution in [-0.2, 0) is 27.3 Å². The highest BCUT2D eigenvalue weighted by Gasteiger charge is 2.55. The SMILES string of the molecule is O=C(N[C@H]1CCCN2C(=O)N(Cc3ccccc3)C(=O)C[C@@H]12)[C@H](Cc1c[nH]c2ccccc12)NC(=O)C12CC3CC(CC(C3)C1)C2. The van der Waals surface area contributed by atoms with E-state index in [0.717, 1.165) is 47.7 Å². The predicted molar refractivity (Wildman–Crippen MR) is 173 cm³/mol. The summed E-state index contributed by atoms with van der Waals surface area (Å²) in [5.74, 6) is 1.41. The summed E-state index contributed by atoms with van der Waals surface area (Å²) in [6.45, 7) is 0.789. The number of piperidine rings is 1. The number of nitrogens with one attached hydrogen (secondary N) is 3. The summed E-state index contributed by atoms with van der Waals surface area (Å²) >= 11 is 0. The van der Waals surface area contributed by atoms with Crippen LogP contribution in [0, 0.1) is 23.2 Å². The van der Waals surface area contributed by atoms with E-state index >= 15 is 0 Å². The topological polar surface area (TPSA) is 115 Å². The summed E-state index contributed by atoms with van der Waals surface area (Å²) < 4.78 is 0. The first-order chi connectivity index (χ1) is 22.3. The molecule has 4 bridgehead atoms. The van der Waals surface area contributed by atoms with Gasteiger partial charge in [0.05, 0.1) is 12.6 Å². The summed E-state index contributed by atoms with van der Waals surface area (Å²) in [6.07, 6.45) is 10.4. The molecule has 5 amide bonds. The standard InChI is InChI=1S/C37H43N5O4/c43-33-17-32-30(11-6-12-41(32)36(46)42(33)22-23-7-2-1-3-8-23)39-34(44)31(16-27-21-38-29-10-5-4-9-28(27)29)40-35(45)37-18-24-13-25(19-37)15-26(14-24)20-37/h1-5,7-10,21,24-26,30-32,38H,6,11-20,22H2,(H,39,44)(H,40,45)/t24?,25?,26?,30-,31-,32-,37?/m0/s1. The molecule has 4 saturated carbocycles. The molecule has 3 aromatic rings. The van der Waals surface area contributed by atoms with E-state index in [1.165, 1.54) is 24.2 Å². The molecule has 46 heavy (non-hydrogen) atoms. The second-order valence-corrected chi connectivity index (χ2v) is 14.8. The number of carbonyl (C=O) groups is 4. The number of hydrogen-bond donors (Lipinski definition) is 3. The number of nitrogens with zero attached hydrogens (tertiary/aromatic N) is 2. The third-order valence-corrected chi connectivity index (χ3v) is 11.7. The lowest BCUT2D eigenvalue weighted by Gasteiger charge is -2.55. The van der Waals surface area contributed by atoms with Gasteiger partial charge < -0.3 is 20.5 Å². The lowest BCUT2D eigenvalue weighted by molar-refractivity contribution is -0.148. The molecule has 3 heterocycles. The molecule has 3 atom stereocenters. The summed E-state index contributed by atoms with van der Waals surface area (Å²) in [5.41, 5.74) is 2.50. The van der Waals surface area contributed by atoms with Gasteiger partial charge in [0.1, 0.15) is 6.04 Å². The van der Waals surface area contributed by atoms with Crippen LogP contribution in [0.25, 0.3) is 10.9 Å². The number of H-pyrrole nitrogens is 1. The minimum absolute atomic E-state index is 0.0245. The Kier molecular flexibility index (Phi) is 7.37. The van der Waals surface area contributed by atoms with Crippen molar-refractivity contribution in [1.29, 1.82) is 0 Å². The van der Waals surface area contributed by atoms with Gasteiger partial charge in [-0.3, -0.25) is 19.3 Å². The van der Waals surface area contributed by atoms with Gasteiger partial charge in [-0.15, -0.1) is 0 Å². The Labute approximate surface area is 269 Å². The number of benzene rings is 2. The number of urea groups is 1. The maximum atomic E-state index is 14.2. The number of carbonyl (C=O) groups excluding carboxylic acids is 4. The number of hydrogen-bond acceptors (Lipinski definition) is 4. The molecule has 2 aliphatic heterocycles. The highest BCUT2D eigenvalue weighted by atomic mass is 16.2. The first kappa shape index (κ1) is 29.3. The Morgan fingerprint density at radius 3 is 2.37 bits per heavy atom. The van der Waals surface area contributed by atoms with Crippen molar-refractivity contribution in [2.24, 2.45) is 23.2 Å². The van der Waals surface area contributed by atoms with Gasteiger partial charge in [-0.2, -0.15) is 0 Å². The number of fused-ring (bicyclic) bond motifs is 2. The third-order valence-electron chi connectivity index (χ3n) is 11.7. The second-order valence-electron chi connectivity index (χ2n) is 14.8. The summed E-state index contributed by atoms with van der Waals surface area (Å²) in [5, 5.41) is 7.54. The normalized spacial score (nSPS) is 30.7. The van der Waals surface area contributed by atoms with Gasteiger partial charge in [0, 0.05) is 47.9 Å². The van der Waals surface area contributed by atoms with Crippen molar-refractivity contribution in [3.05, 3.63) is 71.9 Å². The minimum atomic E-state index is -0.764. The van der Waals surface area contributed by atoms with Crippen molar-refractivity contribution >= 4 is 34.7 Å². The Morgan fingerprint density at radius 2 is 1.63 bits per heavy atom. The molecule has 0 radical (unpaired) electrons. The minimum Gasteiger partial charge on any atom is -0.361 e. The number of para-hydroxylation sites is 1. The average Bonchev–Trinajstić information content (AvgIpc) is 3.45. The molecular weight excluding hydrogens is 578 g/mol. The molecular formula is C37H43N5O4. The number of aromatic nitrogens is 1. The van der Waals surface area contributed by atoms with Crippen LogP contribution < -0.4 is 10.6 Å². The van der Waals surface area contributed by atoms with Crippen molar-refractivity contribution in [1.82, 2.24) is 25.4 Å². The summed E-state index contributed by atoms with van der Waals surface area (Å²) in [7, 11) is 0. The van der Waals surface area contributed by atoms with Crippen molar-refractivity contribution in [3.63, 3.8) is 0 Å². The maximum Gasteiger partial charge on any atom is 0.327 e. The molecule has 4 aliphatic carbocycles. The van der Waals surface area contributed by atoms with Crippen molar-refractivity contribution in [2.75, 3.05) is 6.54 Å². The molecule has 0 spiro atoms. The van der Waals surface area contributed by atoms with Gasteiger partial charge in [0.2, 0.25) is 17.7 Å². The molecule has 6 aliphatic rings. The predicted octanol–water partition coefficient (Wildman–Crippen LogP) is 4.91. The number of imide groups is 1. The smallest absolute Gasteiger partial charge is 0.327 e. The Bertz CT molecular complexity index is 1630. The van der Waals surface area contributed by atoms with Gasteiger partial charge >= 0.3 is 6.03 Å². The Hall–Kier alpha value is -4.14. The van der Waals surface area contributed by atoms with Crippen LogP contribution in [0.15, 0.2) is 60.8 Å². The second kappa shape index (κ2) is 11.6. The van der Waals surface area contributed by atoms with E-state index in [1.807, 2.05) is 60.8 Å². The van der Waals surface area contributed by atoms with Gasteiger partial charge in [-0.25, -0.2) is 4.79 Å². The van der Waals surface area contributed by atoms with E-state index in [1.54, 1.807) is 4.90 Å². The molecule has 3 N–H and O–H groups in total. The molecule has 9 rings (SSSR count). The lowest BCUT2D eigenvalue weighted by atomic mass is 9.49. The fourth-order valence-corrected chi connectivity index (χ4v) is 9.90. The van der Waals surface area contributed by atoms with Gasteiger partial charge in [-0.1, -0.05) is 48.5 Å². The van der Waals surface area contributed by atoms with Crippen LogP contribution >= 0.6 is 0 Å². The van der Waals surface area contributed by atoms with Crippen LogP contribution in [0.3, 0.4) is 0 Å². The summed E-state index contributed by atoms with van der Waals surface area (Å²) in [4.78, 5) is 61.8. The van der Waals surface area contributed by atoms with E-state index in [-0.39, 0.29) is 48.2 Å². The molecule has 2 saturated heterocycles. The Balaban J connectivity index is 1.02. The van der Waals surface area contributed by atoms with E-state index < -0.39 is 12.1 Å². The number of rotatable bonds is 8. The van der Waals surface area contributed by atoms with Crippen molar-refractivity contribution in [2.45, 2.75) is 88.9 Å². The molecule has 1 aromatic heterocycles. The molecule has 240 valence electrons. The number of amides is 5. The monoisotopic (exact) mass is 621 g/mol. The van der Waals surface area contributed by atoms with Gasteiger partial charge in [-0.05, 0) is 86.3 Å². The van der Waals surface area contributed by atoms with Gasteiger partial charge in [0.25, 0.3) is 0 Å². The molecule has 9 nitrogen and oxygen atoms in total. The third kappa shape index (κ3) is 5.27. The zero-order chi connectivity index (χ0) is 31.4. The molecule has 0 unspecified atom stereocenters. The lowest BCUT2D eigenvalue weighted by Crippen LogP contribution is -2.66. The van der Waals surface area contributed by atoms with E-state index in [0.29, 0.717) is 37.1 Å². The van der Waals surface area contributed by atoms with Crippen LogP contribution in [0.4, 0.5) is 4.79 Å². The molecule has 2 aromatic carbocycles. The fourth-order valence-electron chi connectivity index (χ4n) is 9.90. The van der Waals surface area contributed by atoms with Crippen LogP contribution in [0.5, 0.6) is 0 Å². The van der Waals surface area contributed by atoms with E-state index in [9.17, 15) is 19.2 Å². The first-order valence-electron chi connectivity index (χ1n) is 17.2. The fraction of sp³-hybridized carbons (Fsp3) is 0.514.